The number of ether oxygens (including phenoxy) is 1. The van der Waals surface area contributed by atoms with Crippen LogP contribution in [0, 0.1) is 0 Å². The largest absolute Gasteiger partial charge is 0.481 e. The van der Waals surface area contributed by atoms with E-state index in [1.165, 1.54) is 6.33 Å². The predicted molar refractivity (Wildman–Crippen MR) is 50.3 cm³/mol. The van der Waals surface area contributed by atoms with E-state index in [-0.39, 0.29) is 6.04 Å². The fourth-order valence-corrected chi connectivity index (χ4v) is 0.888. The summed E-state index contributed by atoms with van der Waals surface area (Å²) < 4.78 is 4.95. The first kappa shape index (κ1) is 9.67. The van der Waals surface area contributed by atoms with E-state index < -0.39 is 0 Å². The van der Waals surface area contributed by atoms with Crippen molar-refractivity contribution in [1.82, 2.24) is 9.97 Å². The van der Waals surface area contributed by atoms with Crippen molar-refractivity contribution in [3.63, 3.8) is 0 Å². The molecule has 13 heavy (non-hydrogen) atoms. The molecule has 0 fully saturated rings. The molecule has 0 radical (unpaired) electrons. The summed E-state index contributed by atoms with van der Waals surface area (Å²) in [5, 5.41) is 0. The molecule has 0 aliphatic carbocycles. The van der Waals surface area contributed by atoms with Crippen LogP contribution in [0.15, 0.2) is 24.5 Å². The summed E-state index contributed by atoms with van der Waals surface area (Å²) in [5.74, 6) is 0.515. The van der Waals surface area contributed by atoms with Gasteiger partial charge in [0.15, 0.2) is 0 Å². The highest BCUT2D eigenvalue weighted by Crippen LogP contribution is 2.17. The van der Waals surface area contributed by atoms with Crippen molar-refractivity contribution < 1.29 is 4.74 Å². The van der Waals surface area contributed by atoms with Crippen molar-refractivity contribution in [2.24, 2.45) is 5.73 Å². The molecule has 0 saturated carbocycles. The highest BCUT2D eigenvalue weighted by Gasteiger charge is 2.08. The molecule has 0 bridgehead atoms. The van der Waals surface area contributed by atoms with E-state index >= 15 is 0 Å². The molecule has 0 aliphatic heterocycles. The molecular weight excluding hydrogens is 166 g/mol. The molecule has 1 rings (SSSR count). The van der Waals surface area contributed by atoms with E-state index in [9.17, 15) is 0 Å². The van der Waals surface area contributed by atoms with Crippen LogP contribution < -0.4 is 10.5 Å². The summed E-state index contributed by atoms with van der Waals surface area (Å²) in [6.45, 7) is 5.62. The van der Waals surface area contributed by atoms with Gasteiger partial charge in [-0.2, -0.15) is 0 Å². The first-order chi connectivity index (χ1) is 6.15. The third kappa shape index (κ3) is 2.26. The fourth-order valence-electron chi connectivity index (χ4n) is 0.888. The minimum absolute atomic E-state index is 0.253. The molecule has 1 unspecified atom stereocenters. The molecule has 4 nitrogen and oxygen atoms in total. The zero-order valence-corrected chi connectivity index (χ0v) is 7.82. The van der Waals surface area contributed by atoms with E-state index in [4.69, 9.17) is 10.5 Å². The molecule has 1 atom stereocenters. The van der Waals surface area contributed by atoms with Crippen LogP contribution in [-0.2, 0) is 0 Å². The van der Waals surface area contributed by atoms with Crippen molar-refractivity contribution in [3.8, 4) is 5.88 Å². The van der Waals surface area contributed by atoms with Crippen LogP contribution in [0.3, 0.4) is 0 Å². The second kappa shape index (κ2) is 4.00. The highest BCUT2D eigenvalue weighted by atomic mass is 16.5. The Bertz CT molecular complexity index is 311. The second-order valence-corrected chi connectivity index (χ2v) is 2.81. The first-order valence-electron chi connectivity index (χ1n) is 3.92. The SMILES string of the molecule is C=C(C)C(N)c1cc(OC)ncn1. The molecule has 0 aromatic carbocycles. The maximum absolute atomic E-state index is 5.82. The van der Waals surface area contributed by atoms with Gasteiger partial charge in [0.2, 0.25) is 5.88 Å². The van der Waals surface area contributed by atoms with Crippen molar-refractivity contribution in [2.75, 3.05) is 7.11 Å². The third-order valence-corrected chi connectivity index (χ3v) is 1.72. The number of methoxy groups -OCH3 is 1. The average Bonchev–Trinajstić information content (AvgIpc) is 2.16. The Kier molecular flexibility index (Phi) is 2.97. The Hall–Kier alpha value is -1.42. The number of hydrogen-bond donors (Lipinski definition) is 1. The molecule has 0 amide bonds. The fraction of sp³-hybridized carbons (Fsp3) is 0.333. The Morgan fingerprint density at radius 3 is 2.85 bits per heavy atom. The molecule has 70 valence electrons. The third-order valence-electron chi connectivity index (χ3n) is 1.72. The van der Waals surface area contributed by atoms with E-state index in [0.717, 1.165) is 11.3 Å². The van der Waals surface area contributed by atoms with Crippen LogP contribution >= 0.6 is 0 Å². The number of nitrogens with two attached hydrogens (primary N) is 1. The normalized spacial score (nSPS) is 12.2. The Labute approximate surface area is 77.5 Å². The van der Waals surface area contributed by atoms with Gasteiger partial charge in [-0.15, -0.1) is 0 Å². The van der Waals surface area contributed by atoms with E-state index in [1.807, 2.05) is 6.92 Å². The smallest absolute Gasteiger partial charge is 0.216 e. The van der Waals surface area contributed by atoms with Gasteiger partial charge >= 0.3 is 0 Å². The Morgan fingerprint density at radius 2 is 2.31 bits per heavy atom. The van der Waals surface area contributed by atoms with Gasteiger partial charge in [0, 0.05) is 6.07 Å². The minimum atomic E-state index is -0.253. The lowest BCUT2D eigenvalue weighted by Crippen LogP contribution is -2.13. The molecule has 1 aromatic heterocycles. The summed E-state index contributed by atoms with van der Waals surface area (Å²) in [7, 11) is 1.55. The van der Waals surface area contributed by atoms with Gasteiger partial charge in [0.1, 0.15) is 6.33 Å². The molecular formula is C9H13N3O. The zero-order valence-electron chi connectivity index (χ0n) is 7.82. The van der Waals surface area contributed by atoms with E-state index in [1.54, 1.807) is 13.2 Å². The van der Waals surface area contributed by atoms with E-state index in [2.05, 4.69) is 16.5 Å². The summed E-state index contributed by atoms with van der Waals surface area (Å²) >= 11 is 0. The maximum Gasteiger partial charge on any atom is 0.216 e. The number of hydrogen-bond acceptors (Lipinski definition) is 4. The van der Waals surface area contributed by atoms with Crippen molar-refractivity contribution >= 4 is 0 Å². The lowest BCUT2D eigenvalue weighted by molar-refractivity contribution is 0.395. The summed E-state index contributed by atoms with van der Waals surface area (Å²) in [6.07, 6.45) is 1.43. The van der Waals surface area contributed by atoms with Gasteiger partial charge in [-0.1, -0.05) is 12.2 Å². The van der Waals surface area contributed by atoms with Gasteiger partial charge in [0.05, 0.1) is 18.8 Å². The molecule has 2 N–H and O–H groups in total. The molecule has 1 heterocycles. The molecule has 4 heteroatoms. The van der Waals surface area contributed by atoms with Crippen LogP contribution in [0.5, 0.6) is 5.88 Å². The predicted octanol–water partition coefficient (Wildman–Crippen LogP) is 1.06. The van der Waals surface area contributed by atoms with Gasteiger partial charge in [-0.3, -0.25) is 0 Å². The van der Waals surface area contributed by atoms with Crippen molar-refractivity contribution in [3.05, 3.63) is 30.2 Å². The number of aromatic nitrogens is 2. The lowest BCUT2D eigenvalue weighted by atomic mass is 10.1. The monoisotopic (exact) mass is 179 g/mol. The quantitative estimate of drug-likeness (QED) is 0.705. The van der Waals surface area contributed by atoms with Crippen LogP contribution in [0.2, 0.25) is 0 Å². The number of nitrogens with zero attached hydrogens (tertiary/aromatic N) is 2. The lowest BCUT2D eigenvalue weighted by Gasteiger charge is -2.10. The van der Waals surface area contributed by atoms with Crippen LogP contribution in [0.25, 0.3) is 0 Å². The summed E-state index contributed by atoms with van der Waals surface area (Å²) in [5.41, 5.74) is 7.40. The molecule has 0 spiro atoms. The van der Waals surface area contributed by atoms with Crippen molar-refractivity contribution in [2.45, 2.75) is 13.0 Å². The zero-order chi connectivity index (χ0) is 9.84. The molecule has 0 aliphatic rings. The van der Waals surface area contributed by atoms with Crippen LogP contribution in [0.4, 0.5) is 0 Å². The molecule has 1 aromatic rings. The van der Waals surface area contributed by atoms with Crippen LogP contribution in [0.1, 0.15) is 18.7 Å². The topological polar surface area (TPSA) is 61.0 Å². The van der Waals surface area contributed by atoms with Gasteiger partial charge in [0.25, 0.3) is 0 Å². The summed E-state index contributed by atoms with van der Waals surface area (Å²) in [4.78, 5) is 7.91. The van der Waals surface area contributed by atoms with Gasteiger partial charge in [-0.05, 0) is 6.92 Å². The standard InChI is InChI=1S/C9H13N3O/c1-6(2)9(10)7-4-8(13-3)12-5-11-7/h4-5,9H,1,10H2,2-3H3. The number of rotatable bonds is 3. The van der Waals surface area contributed by atoms with Gasteiger partial charge in [-0.25, -0.2) is 9.97 Å². The van der Waals surface area contributed by atoms with E-state index in [0.29, 0.717) is 5.88 Å². The first-order valence-corrected chi connectivity index (χ1v) is 3.92. The average molecular weight is 179 g/mol. The van der Waals surface area contributed by atoms with Crippen LogP contribution in [-0.4, -0.2) is 17.1 Å². The van der Waals surface area contributed by atoms with Crippen molar-refractivity contribution in [1.29, 1.82) is 0 Å². The molecule has 0 saturated heterocycles. The highest BCUT2D eigenvalue weighted by molar-refractivity contribution is 5.22. The maximum atomic E-state index is 5.82. The minimum Gasteiger partial charge on any atom is -0.481 e. The second-order valence-electron chi connectivity index (χ2n) is 2.81. The Morgan fingerprint density at radius 1 is 1.62 bits per heavy atom. The summed E-state index contributed by atoms with van der Waals surface area (Å²) in [6, 6.07) is 1.45. The van der Waals surface area contributed by atoms with Gasteiger partial charge < -0.3 is 10.5 Å². The Balaban J connectivity index is 2.94.